The van der Waals surface area contributed by atoms with Crippen molar-refractivity contribution < 1.29 is 4.79 Å². The van der Waals surface area contributed by atoms with Gasteiger partial charge in [-0.25, -0.2) is 0 Å². The quantitative estimate of drug-likeness (QED) is 0.934. The van der Waals surface area contributed by atoms with E-state index >= 15 is 0 Å². The Kier molecular flexibility index (Phi) is 3.91. The number of nitrogens with zero attached hydrogens (tertiary/aromatic N) is 1. The van der Waals surface area contributed by atoms with Crippen molar-refractivity contribution in [2.75, 3.05) is 23.3 Å². The molecule has 0 saturated carbocycles. The third-order valence-electron chi connectivity index (χ3n) is 3.94. The van der Waals surface area contributed by atoms with Crippen LogP contribution in [0.5, 0.6) is 0 Å². The number of carbonyl (C=O) groups is 1. The Morgan fingerprint density at radius 1 is 1.14 bits per heavy atom. The van der Waals surface area contributed by atoms with Gasteiger partial charge in [0.2, 0.25) is 5.91 Å². The van der Waals surface area contributed by atoms with Gasteiger partial charge in [0.05, 0.1) is 6.54 Å². The summed E-state index contributed by atoms with van der Waals surface area (Å²) in [5, 5.41) is 3.20. The maximum absolute atomic E-state index is 12.5. The van der Waals surface area contributed by atoms with E-state index in [9.17, 15) is 4.79 Å². The zero-order valence-electron chi connectivity index (χ0n) is 12.3. The van der Waals surface area contributed by atoms with E-state index in [2.05, 4.69) is 30.4 Å². The monoisotopic (exact) mass is 280 g/mol. The van der Waals surface area contributed by atoms with Gasteiger partial charge < -0.3 is 10.2 Å². The van der Waals surface area contributed by atoms with Crippen molar-refractivity contribution in [3.63, 3.8) is 0 Å². The first kappa shape index (κ1) is 13.7. The summed E-state index contributed by atoms with van der Waals surface area (Å²) in [6.45, 7) is 3.22. The summed E-state index contributed by atoms with van der Waals surface area (Å²) in [4.78, 5) is 14.5. The summed E-state index contributed by atoms with van der Waals surface area (Å²) >= 11 is 0. The minimum absolute atomic E-state index is 0.133. The fraction of sp³-hybridized carbons (Fsp3) is 0.278. The third kappa shape index (κ3) is 2.92. The summed E-state index contributed by atoms with van der Waals surface area (Å²) in [5.41, 5.74) is 4.56. The highest BCUT2D eigenvalue weighted by Gasteiger charge is 2.23. The van der Waals surface area contributed by atoms with Crippen LogP contribution in [0.1, 0.15) is 17.5 Å². The van der Waals surface area contributed by atoms with E-state index in [-0.39, 0.29) is 5.91 Å². The van der Waals surface area contributed by atoms with Crippen molar-refractivity contribution in [1.29, 1.82) is 0 Å². The first-order valence-corrected chi connectivity index (χ1v) is 7.43. The predicted molar refractivity (Wildman–Crippen MR) is 86.8 cm³/mol. The number of carbonyl (C=O) groups excluding carboxylic acids is 1. The molecule has 0 unspecified atom stereocenters. The molecule has 0 bridgehead atoms. The summed E-state index contributed by atoms with van der Waals surface area (Å²) in [7, 11) is 0. The van der Waals surface area contributed by atoms with Crippen LogP contribution in [0.25, 0.3) is 0 Å². The molecular formula is C18H20N2O. The van der Waals surface area contributed by atoms with Crippen molar-refractivity contribution >= 4 is 17.3 Å². The number of aryl methyl sites for hydroxylation is 2. The SMILES string of the molecule is Cc1cccc2c1N(C(=O)CNc1ccccc1)CCC2. The molecule has 1 aliphatic rings. The van der Waals surface area contributed by atoms with Crippen molar-refractivity contribution in [2.24, 2.45) is 0 Å². The number of amides is 1. The highest BCUT2D eigenvalue weighted by molar-refractivity contribution is 5.98. The van der Waals surface area contributed by atoms with E-state index in [0.29, 0.717) is 6.54 Å². The number of hydrogen-bond donors (Lipinski definition) is 1. The molecule has 0 radical (unpaired) electrons. The van der Waals surface area contributed by atoms with E-state index in [1.165, 1.54) is 11.1 Å². The van der Waals surface area contributed by atoms with Crippen LogP contribution in [-0.4, -0.2) is 19.0 Å². The number of rotatable bonds is 3. The Hall–Kier alpha value is -2.29. The zero-order chi connectivity index (χ0) is 14.7. The predicted octanol–water partition coefficient (Wildman–Crippen LogP) is 3.39. The normalized spacial score (nSPS) is 13.7. The maximum Gasteiger partial charge on any atom is 0.246 e. The van der Waals surface area contributed by atoms with E-state index < -0.39 is 0 Å². The topological polar surface area (TPSA) is 32.3 Å². The molecule has 0 aliphatic carbocycles. The first-order chi connectivity index (χ1) is 10.3. The van der Waals surface area contributed by atoms with Crippen LogP contribution in [0, 0.1) is 6.92 Å². The average molecular weight is 280 g/mol. The van der Waals surface area contributed by atoms with E-state index in [0.717, 1.165) is 30.8 Å². The van der Waals surface area contributed by atoms with Crippen LogP contribution in [0.4, 0.5) is 11.4 Å². The van der Waals surface area contributed by atoms with Gasteiger partial charge in [0.15, 0.2) is 0 Å². The Morgan fingerprint density at radius 2 is 1.95 bits per heavy atom. The lowest BCUT2D eigenvalue weighted by molar-refractivity contribution is -0.117. The molecule has 0 spiro atoms. The molecule has 0 atom stereocenters. The molecule has 0 aromatic heterocycles. The molecule has 21 heavy (non-hydrogen) atoms. The lowest BCUT2D eigenvalue weighted by Gasteiger charge is -2.31. The lowest BCUT2D eigenvalue weighted by atomic mass is 9.98. The zero-order valence-corrected chi connectivity index (χ0v) is 12.3. The van der Waals surface area contributed by atoms with Gasteiger partial charge in [-0.3, -0.25) is 4.79 Å². The van der Waals surface area contributed by atoms with Gasteiger partial charge in [0, 0.05) is 17.9 Å². The fourth-order valence-corrected chi connectivity index (χ4v) is 2.93. The van der Waals surface area contributed by atoms with Crippen molar-refractivity contribution in [3.05, 3.63) is 59.7 Å². The van der Waals surface area contributed by atoms with Crippen LogP contribution >= 0.6 is 0 Å². The van der Waals surface area contributed by atoms with E-state index in [4.69, 9.17) is 0 Å². The second kappa shape index (κ2) is 6.00. The number of hydrogen-bond acceptors (Lipinski definition) is 2. The van der Waals surface area contributed by atoms with Gasteiger partial charge in [-0.05, 0) is 43.0 Å². The number of fused-ring (bicyclic) bond motifs is 1. The van der Waals surface area contributed by atoms with Crippen molar-refractivity contribution in [1.82, 2.24) is 0 Å². The van der Waals surface area contributed by atoms with Crippen molar-refractivity contribution in [2.45, 2.75) is 19.8 Å². The standard InChI is InChI=1S/C18H20N2O/c1-14-7-5-8-15-9-6-12-20(18(14)15)17(21)13-19-16-10-3-2-4-11-16/h2-5,7-8,10-11,19H,6,9,12-13H2,1H3. The first-order valence-electron chi connectivity index (χ1n) is 7.43. The van der Waals surface area contributed by atoms with Crippen LogP contribution in [0.2, 0.25) is 0 Å². The second-order valence-electron chi connectivity index (χ2n) is 5.45. The van der Waals surface area contributed by atoms with Gasteiger partial charge in [-0.1, -0.05) is 36.4 Å². The van der Waals surface area contributed by atoms with Crippen LogP contribution < -0.4 is 10.2 Å². The molecular weight excluding hydrogens is 260 g/mol. The molecule has 3 heteroatoms. The van der Waals surface area contributed by atoms with Crippen LogP contribution in [0.15, 0.2) is 48.5 Å². The van der Waals surface area contributed by atoms with Crippen LogP contribution in [-0.2, 0) is 11.2 Å². The Bertz CT molecular complexity index is 637. The Morgan fingerprint density at radius 3 is 2.76 bits per heavy atom. The highest BCUT2D eigenvalue weighted by atomic mass is 16.2. The summed E-state index contributed by atoms with van der Waals surface area (Å²) in [6.07, 6.45) is 2.10. The minimum Gasteiger partial charge on any atom is -0.376 e. The Labute approximate surface area is 125 Å². The van der Waals surface area contributed by atoms with Crippen molar-refractivity contribution in [3.8, 4) is 0 Å². The molecule has 1 amide bonds. The minimum atomic E-state index is 0.133. The smallest absolute Gasteiger partial charge is 0.246 e. The lowest BCUT2D eigenvalue weighted by Crippen LogP contribution is -2.39. The highest BCUT2D eigenvalue weighted by Crippen LogP contribution is 2.30. The van der Waals surface area contributed by atoms with Crippen LogP contribution in [0.3, 0.4) is 0 Å². The number of anilines is 2. The molecule has 1 N–H and O–H groups in total. The van der Waals surface area contributed by atoms with Gasteiger partial charge in [-0.2, -0.15) is 0 Å². The number of nitrogens with one attached hydrogen (secondary N) is 1. The van der Waals surface area contributed by atoms with Gasteiger partial charge in [-0.15, -0.1) is 0 Å². The van der Waals surface area contributed by atoms with Gasteiger partial charge in [0.1, 0.15) is 0 Å². The van der Waals surface area contributed by atoms with Gasteiger partial charge in [0.25, 0.3) is 0 Å². The molecule has 1 heterocycles. The number of benzene rings is 2. The summed E-state index contributed by atoms with van der Waals surface area (Å²) in [6, 6.07) is 16.1. The van der Waals surface area contributed by atoms with Gasteiger partial charge >= 0.3 is 0 Å². The average Bonchev–Trinajstić information content (AvgIpc) is 2.53. The van der Waals surface area contributed by atoms with E-state index in [1.54, 1.807) is 0 Å². The molecule has 2 aromatic rings. The molecule has 2 aromatic carbocycles. The number of para-hydroxylation sites is 2. The Balaban J connectivity index is 1.75. The fourth-order valence-electron chi connectivity index (χ4n) is 2.93. The molecule has 108 valence electrons. The molecule has 1 aliphatic heterocycles. The second-order valence-corrected chi connectivity index (χ2v) is 5.45. The maximum atomic E-state index is 12.5. The summed E-state index contributed by atoms with van der Waals surface area (Å²) < 4.78 is 0. The van der Waals surface area contributed by atoms with E-state index in [1.807, 2.05) is 35.2 Å². The molecule has 0 saturated heterocycles. The molecule has 3 nitrogen and oxygen atoms in total. The molecule has 0 fully saturated rings. The largest absolute Gasteiger partial charge is 0.376 e. The third-order valence-corrected chi connectivity index (χ3v) is 3.94. The summed E-state index contributed by atoms with van der Waals surface area (Å²) in [5.74, 6) is 0.133. The molecule has 3 rings (SSSR count).